The van der Waals surface area contributed by atoms with Crippen LogP contribution in [0.2, 0.25) is 0 Å². The minimum atomic E-state index is 0.0906. The quantitative estimate of drug-likeness (QED) is 0.647. The third kappa shape index (κ3) is 1.99. The Hall–Kier alpha value is -0.820. The summed E-state index contributed by atoms with van der Waals surface area (Å²) < 4.78 is 3.24. The van der Waals surface area contributed by atoms with E-state index in [1.807, 2.05) is 18.2 Å². The van der Waals surface area contributed by atoms with E-state index in [1.54, 1.807) is 0 Å². The number of fused-ring (bicyclic) bond motifs is 1. The van der Waals surface area contributed by atoms with Crippen LogP contribution in [0.1, 0.15) is 18.3 Å². The molecule has 1 amide bonds. The van der Waals surface area contributed by atoms with Crippen LogP contribution in [0.25, 0.3) is 11.0 Å². The molecule has 1 aliphatic heterocycles. The van der Waals surface area contributed by atoms with Crippen LogP contribution >= 0.6 is 34.2 Å². The van der Waals surface area contributed by atoms with Crippen molar-refractivity contribution in [3.8, 4) is 0 Å². The molecule has 0 aliphatic carbocycles. The van der Waals surface area contributed by atoms with Crippen molar-refractivity contribution in [2.45, 2.75) is 18.3 Å². The summed E-state index contributed by atoms with van der Waals surface area (Å²) in [6.07, 6.45) is 0.501. The molecule has 1 aromatic carbocycles. The van der Waals surface area contributed by atoms with E-state index in [4.69, 9.17) is 11.6 Å². The van der Waals surface area contributed by atoms with E-state index >= 15 is 0 Å². The second kappa shape index (κ2) is 4.70. The molecule has 0 radical (unpaired) electrons. The van der Waals surface area contributed by atoms with Crippen LogP contribution in [0.3, 0.4) is 0 Å². The first-order valence-corrected chi connectivity index (χ1v) is 7.29. The van der Waals surface area contributed by atoms with Crippen LogP contribution in [0.15, 0.2) is 18.2 Å². The molecule has 3 rings (SSSR count). The van der Waals surface area contributed by atoms with Crippen LogP contribution in [0, 0.1) is 3.57 Å². The molecule has 0 bridgehead atoms. The molecule has 0 spiro atoms. The number of hydrogen-bond acceptors (Lipinski definition) is 2. The zero-order chi connectivity index (χ0) is 12.7. The van der Waals surface area contributed by atoms with E-state index in [9.17, 15) is 4.79 Å². The molecule has 1 aromatic heterocycles. The minimum absolute atomic E-state index is 0.0906. The zero-order valence-corrected chi connectivity index (χ0v) is 12.4. The first kappa shape index (κ1) is 12.2. The van der Waals surface area contributed by atoms with Crippen molar-refractivity contribution >= 4 is 51.1 Å². The Kier molecular flexibility index (Phi) is 3.19. The molecule has 1 saturated heterocycles. The second-order valence-electron chi connectivity index (χ2n) is 4.33. The van der Waals surface area contributed by atoms with E-state index in [-0.39, 0.29) is 11.9 Å². The Labute approximate surface area is 123 Å². The molecule has 2 heterocycles. The summed E-state index contributed by atoms with van der Waals surface area (Å²) in [7, 11) is 0. The van der Waals surface area contributed by atoms with E-state index < -0.39 is 0 Å². The van der Waals surface area contributed by atoms with Gasteiger partial charge < -0.3 is 9.88 Å². The largest absolute Gasteiger partial charge is 0.354 e. The number of amides is 1. The number of rotatable bonds is 2. The molecule has 94 valence electrons. The normalized spacial score (nSPS) is 19.4. The lowest BCUT2D eigenvalue weighted by atomic mass is 10.2. The summed E-state index contributed by atoms with van der Waals surface area (Å²) in [6.45, 7) is 0.653. The Morgan fingerprint density at radius 1 is 1.56 bits per heavy atom. The van der Waals surface area contributed by atoms with Crippen molar-refractivity contribution in [1.82, 2.24) is 14.9 Å². The van der Waals surface area contributed by atoms with Crippen molar-refractivity contribution in [2.75, 3.05) is 6.54 Å². The fraction of sp³-hybridized carbons (Fsp3) is 0.333. The molecule has 1 aliphatic rings. The molecule has 1 unspecified atom stereocenters. The highest BCUT2D eigenvalue weighted by molar-refractivity contribution is 14.1. The van der Waals surface area contributed by atoms with Crippen molar-refractivity contribution < 1.29 is 4.79 Å². The average Bonchev–Trinajstić information content (AvgIpc) is 2.91. The number of nitrogens with one attached hydrogen (secondary N) is 1. The predicted molar refractivity (Wildman–Crippen MR) is 78.7 cm³/mol. The van der Waals surface area contributed by atoms with Crippen LogP contribution in [-0.4, -0.2) is 22.0 Å². The molecule has 1 fully saturated rings. The van der Waals surface area contributed by atoms with Gasteiger partial charge >= 0.3 is 0 Å². The molecule has 18 heavy (non-hydrogen) atoms. The van der Waals surface area contributed by atoms with Gasteiger partial charge in [0.1, 0.15) is 5.82 Å². The van der Waals surface area contributed by atoms with Crippen molar-refractivity contribution in [2.24, 2.45) is 0 Å². The number of hydrogen-bond donors (Lipinski definition) is 1. The summed E-state index contributed by atoms with van der Waals surface area (Å²) >= 11 is 8.23. The maximum Gasteiger partial charge on any atom is 0.222 e. The lowest BCUT2D eigenvalue weighted by Crippen LogP contribution is -2.16. The summed E-state index contributed by atoms with van der Waals surface area (Å²) in [4.78, 5) is 15.9. The fourth-order valence-electron chi connectivity index (χ4n) is 2.40. The number of aromatic nitrogens is 2. The molecule has 1 N–H and O–H groups in total. The van der Waals surface area contributed by atoms with Gasteiger partial charge in [0.25, 0.3) is 0 Å². The van der Waals surface area contributed by atoms with Crippen molar-refractivity contribution in [3.05, 3.63) is 27.6 Å². The van der Waals surface area contributed by atoms with Gasteiger partial charge in [-0.1, -0.05) is 0 Å². The van der Waals surface area contributed by atoms with Gasteiger partial charge in [-0.3, -0.25) is 4.79 Å². The highest BCUT2D eigenvalue weighted by Gasteiger charge is 2.26. The first-order chi connectivity index (χ1) is 8.69. The standard InChI is InChI=1S/C12H11ClIN3O/c13-5-11-16-9-3-7(14)1-2-10(9)17(11)8-4-12(18)15-6-8/h1-3,8H,4-6H2,(H,15,18). The molecule has 2 aromatic rings. The summed E-state index contributed by atoms with van der Waals surface area (Å²) in [5.74, 6) is 1.28. The van der Waals surface area contributed by atoms with Crippen LogP contribution in [0.4, 0.5) is 0 Å². The van der Waals surface area contributed by atoms with E-state index in [2.05, 4.69) is 37.5 Å². The number of benzene rings is 1. The van der Waals surface area contributed by atoms with Gasteiger partial charge in [0.05, 0.1) is 23.0 Å². The number of imidazole rings is 1. The third-order valence-corrected chi connectivity index (χ3v) is 4.08. The third-order valence-electron chi connectivity index (χ3n) is 3.17. The van der Waals surface area contributed by atoms with Gasteiger partial charge in [-0.15, -0.1) is 11.6 Å². The first-order valence-electron chi connectivity index (χ1n) is 5.68. The number of halogens is 2. The lowest BCUT2D eigenvalue weighted by Gasteiger charge is -2.13. The van der Waals surface area contributed by atoms with Gasteiger partial charge in [0.15, 0.2) is 0 Å². The lowest BCUT2D eigenvalue weighted by molar-refractivity contribution is -0.119. The van der Waals surface area contributed by atoms with E-state index in [0.29, 0.717) is 18.8 Å². The molecule has 6 heteroatoms. The monoisotopic (exact) mass is 375 g/mol. The molecule has 4 nitrogen and oxygen atoms in total. The Bertz CT molecular complexity index is 625. The maximum atomic E-state index is 11.4. The SMILES string of the molecule is O=C1CC(n2c(CCl)nc3cc(I)ccc32)CN1. The van der Waals surface area contributed by atoms with Gasteiger partial charge in [0.2, 0.25) is 5.91 Å². The Morgan fingerprint density at radius 2 is 2.39 bits per heavy atom. The van der Waals surface area contributed by atoms with E-state index in [1.165, 1.54) is 0 Å². The highest BCUT2D eigenvalue weighted by Crippen LogP contribution is 2.27. The topological polar surface area (TPSA) is 46.9 Å². The summed E-state index contributed by atoms with van der Waals surface area (Å²) in [6, 6.07) is 6.25. The number of carbonyl (C=O) groups is 1. The summed E-state index contributed by atoms with van der Waals surface area (Å²) in [5, 5.41) is 2.85. The fourth-order valence-corrected chi connectivity index (χ4v) is 3.06. The number of nitrogens with zero attached hydrogens (tertiary/aromatic N) is 2. The van der Waals surface area contributed by atoms with Crippen LogP contribution in [-0.2, 0) is 10.7 Å². The summed E-state index contributed by atoms with van der Waals surface area (Å²) in [5.41, 5.74) is 1.99. The van der Waals surface area contributed by atoms with E-state index in [0.717, 1.165) is 20.4 Å². The average molecular weight is 376 g/mol. The second-order valence-corrected chi connectivity index (χ2v) is 5.84. The number of carbonyl (C=O) groups excluding carboxylic acids is 1. The van der Waals surface area contributed by atoms with Gasteiger partial charge in [0, 0.05) is 16.5 Å². The molecular formula is C12H11ClIN3O. The maximum absolute atomic E-state index is 11.4. The van der Waals surface area contributed by atoms with Gasteiger partial charge in [-0.2, -0.15) is 0 Å². The predicted octanol–water partition coefficient (Wildman–Crippen LogP) is 2.44. The Balaban J connectivity index is 2.16. The van der Waals surface area contributed by atoms with Gasteiger partial charge in [-0.05, 0) is 40.8 Å². The smallest absolute Gasteiger partial charge is 0.222 e. The van der Waals surface area contributed by atoms with Crippen LogP contribution in [0.5, 0.6) is 0 Å². The molecule has 0 saturated carbocycles. The zero-order valence-electron chi connectivity index (χ0n) is 9.49. The van der Waals surface area contributed by atoms with Crippen molar-refractivity contribution in [3.63, 3.8) is 0 Å². The molecule has 1 atom stereocenters. The molecular weight excluding hydrogens is 365 g/mol. The Morgan fingerprint density at radius 3 is 3.06 bits per heavy atom. The minimum Gasteiger partial charge on any atom is -0.354 e. The van der Waals surface area contributed by atoms with Gasteiger partial charge in [-0.25, -0.2) is 4.98 Å². The highest BCUT2D eigenvalue weighted by atomic mass is 127. The van der Waals surface area contributed by atoms with Crippen molar-refractivity contribution in [1.29, 1.82) is 0 Å². The van der Waals surface area contributed by atoms with Crippen LogP contribution < -0.4 is 5.32 Å². The number of alkyl halides is 1.